The molecule has 106 valence electrons. The number of morpholine rings is 1. The molecule has 0 aromatic rings. The Kier molecular flexibility index (Phi) is 6.60. The van der Waals surface area contributed by atoms with Crippen LogP contribution in [0, 0.1) is 0 Å². The summed E-state index contributed by atoms with van der Waals surface area (Å²) in [5, 5.41) is 6.35. The van der Waals surface area contributed by atoms with Crippen LogP contribution in [-0.2, 0) is 9.53 Å². The van der Waals surface area contributed by atoms with Gasteiger partial charge in [-0.1, -0.05) is 0 Å². The van der Waals surface area contributed by atoms with Gasteiger partial charge in [-0.2, -0.15) is 0 Å². The van der Waals surface area contributed by atoms with E-state index in [0.717, 1.165) is 26.2 Å². The zero-order valence-electron chi connectivity index (χ0n) is 12.0. The number of likely N-dealkylation sites (N-methyl/N-ethyl adjacent to an activating group) is 1. The van der Waals surface area contributed by atoms with Crippen LogP contribution >= 0.6 is 0 Å². The summed E-state index contributed by atoms with van der Waals surface area (Å²) in [5.41, 5.74) is 0. The van der Waals surface area contributed by atoms with E-state index in [1.165, 1.54) is 0 Å². The lowest BCUT2D eigenvalue weighted by Crippen LogP contribution is -2.47. The number of carbonyl (C=O) groups excluding carboxylic acids is 1. The number of carbonyl (C=O) groups is 1. The Balaban J connectivity index is 2.26. The van der Waals surface area contributed by atoms with E-state index in [-0.39, 0.29) is 11.9 Å². The fourth-order valence-electron chi connectivity index (χ4n) is 2.11. The van der Waals surface area contributed by atoms with Gasteiger partial charge in [0, 0.05) is 24.7 Å². The number of nitrogens with one attached hydrogen (secondary N) is 2. The third-order valence-corrected chi connectivity index (χ3v) is 3.22. The molecule has 1 aliphatic heterocycles. The average Bonchev–Trinajstić information content (AvgIpc) is 2.28. The Morgan fingerprint density at radius 2 is 2.22 bits per heavy atom. The predicted octanol–water partition coefficient (Wildman–Crippen LogP) is 0.210. The van der Waals surface area contributed by atoms with Gasteiger partial charge in [-0.05, 0) is 34.2 Å². The smallest absolute Gasteiger partial charge is 0.234 e. The Hall–Kier alpha value is -0.650. The fourth-order valence-corrected chi connectivity index (χ4v) is 2.11. The molecule has 1 amide bonds. The summed E-state index contributed by atoms with van der Waals surface area (Å²) >= 11 is 0. The molecule has 0 bridgehead atoms. The van der Waals surface area contributed by atoms with Crippen LogP contribution in [0.3, 0.4) is 0 Å². The van der Waals surface area contributed by atoms with E-state index >= 15 is 0 Å². The average molecular weight is 257 g/mol. The minimum atomic E-state index is 0.0900. The van der Waals surface area contributed by atoms with Gasteiger partial charge >= 0.3 is 0 Å². The molecular formula is C13H27N3O2. The zero-order chi connectivity index (χ0) is 13.5. The molecule has 0 spiro atoms. The molecule has 1 fully saturated rings. The first-order valence-electron chi connectivity index (χ1n) is 6.79. The molecule has 1 rings (SSSR count). The molecule has 5 heteroatoms. The standard InChI is InChI=1S/C13H27N3O2/c1-10(2)15-13(17)8-16(4)11(3)7-12-9-18-6-5-14-12/h10-12,14H,5-9H2,1-4H3,(H,15,17). The molecule has 18 heavy (non-hydrogen) atoms. The molecule has 5 nitrogen and oxygen atoms in total. The maximum absolute atomic E-state index is 11.7. The molecule has 2 atom stereocenters. The van der Waals surface area contributed by atoms with E-state index in [1.807, 2.05) is 20.9 Å². The molecule has 0 saturated carbocycles. The topological polar surface area (TPSA) is 53.6 Å². The molecule has 1 saturated heterocycles. The lowest BCUT2D eigenvalue weighted by molar-refractivity contribution is -0.122. The monoisotopic (exact) mass is 257 g/mol. The second kappa shape index (κ2) is 7.71. The maximum atomic E-state index is 11.7. The van der Waals surface area contributed by atoms with E-state index in [4.69, 9.17) is 4.74 Å². The van der Waals surface area contributed by atoms with Gasteiger partial charge in [0.05, 0.1) is 19.8 Å². The SMILES string of the molecule is CC(C)NC(=O)CN(C)C(C)CC1COCCN1. The van der Waals surface area contributed by atoms with Gasteiger partial charge in [0.15, 0.2) is 0 Å². The molecule has 2 unspecified atom stereocenters. The first kappa shape index (κ1) is 15.4. The number of hydrogen-bond donors (Lipinski definition) is 2. The van der Waals surface area contributed by atoms with Crippen LogP contribution in [0.25, 0.3) is 0 Å². The molecule has 0 aromatic heterocycles. The summed E-state index contributed by atoms with van der Waals surface area (Å²) in [4.78, 5) is 13.8. The van der Waals surface area contributed by atoms with Crippen LogP contribution in [0.15, 0.2) is 0 Å². The third-order valence-electron chi connectivity index (χ3n) is 3.22. The molecular weight excluding hydrogens is 230 g/mol. The highest BCUT2D eigenvalue weighted by atomic mass is 16.5. The summed E-state index contributed by atoms with van der Waals surface area (Å²) in [6.45, 7) is 9.06. The van der Waals surface area contributed by atoms with E-state index in [1.54, 1.807) is 0 Å². The summed E-state index contributed by atoms with van der Waals surface area (Å²) in [7, 11) is 1.99. The minimum absolute atomic E-state index is 0.0900. The first-order valence-corrected chi connectivity index (χ1v) is 6.79. The van der Waals surface area contributed by atoms with Crippen molar-refractivity contribution in [2.75, 3.05) is 33.4 Å². The zero-order valence-corrected chi connectivity index (χ0v) is 12.0. The van der Waals surface area contributed by atoms with Crippen molar-refractivity contribution in [3.63, 3.8) is 0 Å². The van der Waals surface area contributed by atoms with Crippen LogP contribution in [0.1, 0.15) is 27.2 Å². The van der Waals surface area contributed by atoms with Gasteiger partial charge < -0.3 is 15.4 Å². The quantitative estimate of drug-likeness (QED) is 0.714. The van der Waals surface area contributed by atoms with Crippen LogP contribution in [0.4, 0.5) is 0 Å². The summed E-state index contributed by atoms with van der Waals surface area (Å²) in [5.74, 6) is 0.0900. The van der Waals surface area contributed by atoms with Crippen molar-refractivity contribution in [3.05, 3.63) is 0 Å². The lowest BCUT2D eigenvalue weighted by Gasteiger charge is -2.30. The van der Waals surface area contributed by atoms with Crippen molar-refractivity contribution in [2.24, 2.45) is 0 Å². The van der Waals surface area contributed by atoms with E-state index in [2.05, 4.69) is 22.5 Å². The number of nitrogens with zero attached hydrogens (tertiary/aromatic N) is 1. The number of ether oxygens (including phenoxy) is 1. The van der Waals surface area contributed by atoms with Gasteiger partial charge in [-0.25, -0.2) is 0 Å². The second-order valence-electron chi connectivity index (χ2n) is 5.45. The van der Waals surface area contributed by atoms with Crippen LogP contribution in [0.5, 0.6) is 0 Å². The summed E-state index contributed by atoms with van der Waals surface area (Å²) < 4.78 is 5.44. The van der Waals surface area contributed by atoms with Gasteiger partial charge in [-0.15, -0.1) is 0 Å². The summed E-state index contributed by atoms with van der Waals surface area (Å²) in [6, 6.07) is 0.973. The minimum Gasteiger partial charge on any atom is -0.379 e. The van der Waals surface area contributed by atoms with Gasteiger partial charge in [0.1, 0.15) is 0 Å². The van der Waals surface area contributed by atoms with Gasteiger partial charge in [0.25, 0.3) is 0 Å². The van der Waals surface area contributed by atoms with Crippen molar-refractivity contribution in [1.82, 2.24) is 15.5 Å². The molecule has 1 heterocycles. The molecule has 0 radical (unpaired) electrons. The molecule has 2 N–H and O–H groups in total. The Labute approximate surface area is 110 Å². The van der Waals surface area contributed by atoms with Crippen molar-refractivity contribution in [3.8, 4) is 0 Å². The Morgan fingerprint density at radius 1 is 1.50 bits per heavy atom. The van der Waals surface area contributed by atoms with Crippen LogP contribution in [0.2, 0.25) is 0 Å². The maximum Gasteiger partial charge on any atom is 0.234 e. The first-order chi connectivity index (χ1) is 8.49. The number of hydrogen-bond acceptors (Lipinski definition) is 4. The van der Waals surface area contributed by atoms with Gasteiger partial charge in [-0.3, -0.25) is 9.69 Å². The highest BCUT2D eigenvalue weighted by Gasteiger charge is 2.20. The van der Waals surface area contributed by atoms with Crippen molar-refractivity contribution in [2.45, 2.75) is 45.3 Å². The van der Waals surface area contributed by atoms with E-state index in [0.29, 0.717) is 18.6 Å². The normalized spacial score (nSPS) is 22.2. The fraction of sp³-hybridized carbons (Fsp3) is 0.923. The third kappa shape index (κ3) is 5.80. The molecule has 1 aliphatic rings. The van der Waals surface area contributed by atoms with Crippen molar-refractivity contribution in [1.29, 1.82) is 0 Å². The highest BCUT2D eigenvalue weighted by molar-refractivity contribution is 5.78. The Bertz CT molecular complexity index is 253. The lowest BCUT2D eigenvalue weighted by atomic mass is 10.1. The molecule has 0 aromatic carbocycles. The van der Waals surface area contributed by atoms with Crippen molar-refractivity contribution < 1.29 is 9.53 Å². The van der Waals surface area contributed by atoms with Crippen LogP contribution < -0.4 is 10.6 Å². The Morgan fingerprint density at radius 3 is 2.78 bits per heavy atom. The largest absolute Gasteiger partial charge is 0.379 e. The second-order valence-corrected chi connectivity index (χ2v) is 5.45. The van der Waals surface area contributed by atoms with Crippen LogP contribution in [-0.4, -0.2) is 62.3 Å². The summed E-state index contributed by atoms with van der Waals surface area (Å²) in [6.07, 6.45) is 1.01. The van der Waals surface area contributed by atoms with Crippen molar-refractivity contribution >= 4 is 5.91 Å². The van der Waals surface area contributed by atoms with Gasteiger partial charge in [0.2, 0.25) is 5.91 Å². The molecule has 0 aliphatic carbocycles. The highest BCUT2D eigenvalue weighted by Crippen LogP contribution is 2.07. The van der Waals surface area contributed by atoms with E-state index < -0.39 is 0 Å². The number of amides is 1. The predicted molar refractivity (Wildman–Crippen MR) is 72.6 cm³/mol. The number of rotatable bonds is 6. The van der Waals surface area contributed by atoms with E-state index in [9.17, 15) is 4.79 Å².